The molecule has 1 aliphatic carbocycles. The maximum absolute atomic E-state index is 13.2. The molecule has 4 rings (SSSR count). The van der Waals surface area contributed by atoms with Gasteiger partial charge in [0.15, 0.2) is 0 Å². The SMILES string of the molecule is CC(C)CCC1CC2(CCN(C(=O)c3ccc(C(C)(C)C)cc3)CC2)OC2=C/CC/C=C/C=C\21. The third-order valence-corrected chi connectivity index (χ3v) is 7.80. The predicted molar refractivity (Wildman–Crippen MR) is 141 cm³/mol. The number of likely N-dealkylation sites (tertiary alicyclic amines) is 1. The summed E-state index contributed by atoms with van der Waals surface area (Å²) in [7, 11) is 0. The van der Waals surface area contributed by atoms with Gasteiger partial charge in [-0.15, -0.1) is 0 Å². The third kappa shape index (κ3) is 5.67. The minimum absolute atomic E-state index is 0.0955. The van der Waals surface area contributed by atoms with Gasteiger partial charge in [0.2, 0.25) is 0 Å². The zero-order valence-electron chi connectivity index (χ0n) is 21.9. The Labute approximate surface area is 207 Å². The smallest absolute Gasteiger partial charge is 0.253 e. The fourth-order valence-electron chi connectivity index (χ4n) is 5.56. The molecule has 2 aliphatic heterocycles. The Morgan fingerprint density at radius 2 is 1.82 bits per heavy atom. The van der Waals surface area contributed by atoms with Crippen LogP contribution in [-0.2, 0) is 10.2 Å². The number of amides is 1. The topological polar surface area (TPSA) is 29.5 Å². The van der Waals surface area contributed by atoms with E-state index in [0.717, 1.165) is 56.5 Å². The molecule has 3 heteroatoms. The normalized spacial score (nSPS) is 26.4. The van der Waals surface area contributed by atoms with Crippen molar-refractivity contribution in [1.82, 2.24) is 4.90 Å². The van der Waals surface area contributed by atoms with Crippen LogP contribution in [-0.4, -0.2) is 29.5 Å². The van der Waals surface area contributed by atoms with Gasteiger partial charge in [0.25, 0.3) is 5.91 Å². The molecule has 1 amide bonds. The maximum Gasteiger partial charge on any atom is 0.253 e. The minimum Gasteiger partial charge on any atom is -0.487 e. The predicted octanol–water partition coefficient (Wildman–Crippen LogP) is 7.59. The van der Waals surface area contributed by atoms with Crippen molar-refractivity contribution in [2.45, 2.75) is 90.6 Å². The summed E-state index contributed by atoms with van der Waals surface area (Å²) in [4.78, 5) is 15.3. The first-order chi connectivity index (χ1) is 16.2. The monoisotopic (exact) mass is 461 g/mol. The molecule has 2 heterocycles. The largest absolute Gasteiger partial charge is 0.487 e. The number of hydrogen-bond donors (Lipinski definition) is 0. The zero-order valence-corrected chi connectivity index (χ0v) is 21.9. The van der Waals surface area contributed by atoms with E-state index >= 15 is 0 Å². The summed E-state index contributed by atoms with van der Waals surface area (Å²) in [5.41, 5.74) is 3.40. The Kier molecular flexibility index (Phi) is 7.40. The Bertz CT molecular complexity index is 950. The van der Waals surface area contributed by atoms with Gasteiger partial charge in [-0.25, -0.2) is 0 Å². The number of rotatable bonds is 4. The quantitative estimate of drug-likeness (QED) is 0.462. The standard InChI is InChI=1S/C31H43NO2/c1-23(2)12-13-25-22-31(34-28-11-9-7-6-8-10-27(25)28)18-20-32(21-19-31)29(33)24-14-16-26(17-15-24)30(3,4)5/h6,8,10-11,14-17,23,25H,7,9,12-13,18-22H2,1-5H3/b8-6+,27-10-,28-11+. The van der Waals surface area contributed by atoms with Crippen LogP contribution in [0.15, 0.2) is 59.9 Å². The van der Waals surface area contributed by atoms with Crippen molar-refractivity contribution in [3.05, 3.63) is 71.0 Å². The van der Waals surface area contributed by atoms with Gasteiger partial charge in [0.05, 0.1) is 0 Å². The van der Waals surface area contributed by atoms with Crippen LogP contribution in [0.25, 0.3) is 0 Å². The summed E-state index contributed by atoms with van der Waals surface area (Å²) in [6, 6.07) is 8.20. The molecule has 2 fully saturated rings. The first kappa shape index (κ1) is 24.8. The molecule has 0 saturated carbocycles. The number of fused-ring (bicyclic) bond motifs is 1. The molecule has 2 saturated heterocycles. The highest BCUT2D eigenvalue weighted by molar-refractivity contribution is 5.94. The van der Waals surface area contributed by atoms with Crippen molar-refractivity contribution in [3.63, 3.8) is 0 Å². The van der Waals surface area contributed by atoms with Gasteiger partial charge in [-0.2, -0.15) is 0 Å². The number of allylic oxidation sites excluding steroid dienone is 5. The molecule has 0 bridgehead atoms. The molecule has 1 atom stereocenters. The average molecular weight is 462 g/mol. The van der Waals surface area contributed by atoms with Gasteiger partial charge in [0, 0.05) is 31.5 Å². The first-order valence-electron chi connectivity index (χ1n) is 13.3. The van der Waals surface area contributed by atoms with Gasteiger partial charge in [-0.1, -0.05) is 71.4 Å². The van der Waals surface area contributed by atoms with Crippen molar-refractivity contribution in [2.75, 3.05) is 13.1 Å². The molecule has 1 aromatic carbocycles. The summed E-state index contributed by atoms with van der Waals surface area (Å²) in [6.07, 6.45) is 16.5. The first-order valence-corrected chi connectivity index (χ1v) is 13.3. The third-order valence-electron chi connectivity index (χ3n) is 7.80. The highest BCUT2D eigenvalue weighted by Gasteiger charge is 2.45. The molecule has 3 nitrogen and oxygen atoms in total. The van der Waals surface area contributed by atoms with E-state index in [2.05, 4.69) is 71.1 Å². The van der Waals surface area contributed by atoms with Crippen molar-refractivity contribution in [1.29, 1.82) is 0 Å². The van der Waals surface area contributed by atoms with Crippen LogP contribution in [0.1, 0.15) is 95.5 Å². The van der Waals surface area contributed by atoms with E-state index in [1.807, 2.05) is 17.0 Å². The number of carbonyl (C=O) groups excluding carboxylic acids is 1. The number of nitrogens with zero attached hydrogens (tertiary/aromatic N) is 1. The van der Waals surface area contributed by atoms with E-state index in [1.54, 1.807) is 0 Å². The van der Waals surface area contributed by atoms with Crippen LogP contribution in [0, 0.1) is 11.8 Å². The van der Waals surface area contributed by atoms with Crippen LogP contribution < -0.4 is 0 Å². The second-order valence-electron chi connectivity index (χ2n) is 12.0. The number of benzene rings is 1. The van der Waals surface area contributed by atoms with Gasteiger partial charge in [-0.3, -0.25) is 4.79 Å². The highest BCUT2D eigenvalue weighted by atomic mass is 16.5. The number of carbonyl (C=O) groups is 1. The number of ether oxygens (including phenoxy) is 1. The second-order valence-corrected chi connectivity index (χ2v) is 12.0. The van der Waals surface area contributed by atoms with Crippen molar-refractivity contribution in [3.8, 4) is 0 Å². The number of hydrogen-bond acceptors (Lipinski definition) is 2. The van der Waals surface area contributed by atoms with E-state index in [0.29, 0.717) is 11.8 Å². The lowest BCUT2D eigenvalue weighted by Crippen LogP contribution is -2.50. The molecule has 1 unspecified atom stereocenters. The molecule has 0 N–H and O–H groups in total. The van der Waals surface area contributed by atoms with Crippen LogP contribution in [0.2, 0.25) is 0 Å². The van der Waals surface area contributed by atoms with E-state index in [-0.39, 0.29) is 16.9 Å². The van der Waals surface area contributed by atoms with Gasteiger partial charge in [-0.05, 0) is 72.3 Å². The average Bonchev–Trinajstić information content (AvgIpc) is 2.78. The fraction of sp³-hybridized carbons (Fsp3) is 0.581. The molecule has 3 aliphatic rings. The van der Waals surface area contributed by atoms with E-state index in [4.69, 9.17) is 4.74 Å². The highest BCUT2D eigenvalue weighted by Crippen LogP contribution is 2.46. The van der Waals surface area contributed by atoms with Crippen molar-refractivity contribution >= 4 is 5.91 Å². The van der Waals surface area contributed by atoms with E-state index in [9.17, 15) is 4.79 Å². The molecule has 184 valence electrons. The lowest BCUT2D eigenvalue weighted by atomic mass is 9.74. The Morgan fingerprint density at radius 3 is 2.47 bits per heavy atom. The lowest BCUT2D eigenvalue weighted by Gasteiger charge is -2.48. The Balaban J connectivity index is 1.46. The molecule has 1 spiro atoms. The zero-order chi connectivity index (χ0) is 24.3. The molecule has 1 aromatic rings. The molecule has 34 heavy (non-hydrogen) atoms. The summed E-state index contributed by atoms with van der Waals surface area (Å²) < 4.78 is 6.80. The van der Waals surface area contributed by atoms with Gasteiger partial charge >= 0.3 is 0 Å². The number of piperidine rings is 1. The summed E-state index contributed by atoms with van der Waals surface area (Å²) in [5, 5.41) is 0. The second kappa shape index (κ2) is 10.1. The van der Waals surface area contributed by atoms with Gasteiger partial charge < -0.3 is 9.64 Å². The Hall–Kier alpha value is -2.29. The van der Waals surface area contributed by atoms with Gasteiger partial charge in [0.1, 0.15) is 11.4 Å². The molecular weight excluding hydrogens is 418 g/mol. The van der Waals surface area contributed by atoms with Crippen molar-refractivity contribution < 1.29 is 9.53 Å². The summed E-state index contributed by atoms with van der Waals surface area (Å²) in [5.74, 6) is 2.51. The van der Waals surface area contributed by atoms with Crippen LogP contribution in [0.4, 0.5) is 0 Å². The lowest BCUT2D eigenvalue weighted by molar-refractivity contribution is -0.0713. The van der Waals surface area contributed by atoms with Crippen LogP contribution >= 0.6 is 0 Å². The van der Waals surface area contributed by atoms with Crippen LogP contribution in [0.5, 0.6) is 0 Å². The van der Waals surface area contributed by atoms with Crippen LogP contribution in [0.3, 0.4) is 0 Å². The fourth-order valence-corrected chi connectivity index (χ4v) is 5.56. The van der Waals surface area contributed by atoms with Crippen molar-refractivity contribution in [2.24, 2.45) is 11.8 Å². The van der Waals surface area contributed by atoms with E-state index < -0.39 is 0 Å². The molecule has 0 radical (unpaired) electrons. The van der Waals surface area contributed by atoms with E-state index in [1.165, 1.54) is 24.0 Å². The summed E-state index contributed by atoms with van der Waals surface area (Å²) >= 11 is 0. The maximum atomic E-state index is 13.2. The minimum atomic E-state index is -0.138. The summed E-state index contributed by atoms with van der Waals surface area (Å²) in [6.45, 7) is 12.8. The Morgan fingerprint density at radius 1 is 1.12 bits per heavy atom. The molecule has 0 aromatic heterocycles. The molecular formula is C31H43NO2.